The Labute approximate surface area is 164 Å². The van der Waals surface area contributed by atoms with E-state index in [-0.39, 0.29) is 29.7 Å². The molecule has 2 amide bonds. The van der Waals surface area contributed by atoms with Crippen LogP contribution in [0.2, 0.25) is 0 Å². The van der Waals surface area contributed by atoms with Gasteiger partial charge in [0.05, 0.1) is 30.9 Å². The quantitative estimate of drug-likeness (QED) is 0.699. The Kier molecular flexibility index (Phi) is 6.33. The highest BCUT2D eigenvalue weighted by Gasteiger charge is 2.28. The maximum Gasteiger partial charge on any atom is 0.291 e. The predicted molar refractivity (Wildman–Crippen MR) is 107 cm³/mol. The van der Waals surface area contributed by atoms with Gasteiger partial charge in [0.15, 0.2) is 5.76 Å². The molecule has 1 saturated heterocycles. The number of nitrogens with one attached hydrogen (secondary N) is 2. The summed E-state index contributed by atoms with van der Waals surface area (Å²) in [6, 6.07) is 8.77. The molecule has 28 heavy (non-hydrogen) atoms. The van der Waals surface area contributed by atoms with Gasteiger partial charge in [-0.2, -0.15) is 0 Å². The van der Waals surface area contributed by atoms with E-state index < -0.39 is 0 Å². The van der Waals surface area contributed by atoms with Crippen LogP contribution in [0.15, 0.2) is 41.0 Å². The van der Waals surface area contributed by atoms with E-state index in [9.17, 15) is 9.59 Å². The SMILES string of the molecule is CC1COCC(C)N1c1ccc(C(=O)NCCN)cc1NC(=O)c1ccco1. The molecule has 1 aliphatic heterocycles. The first-order valence-electron chi connectivity index (χ1n) is 9.34. The van der Waals surface area contributed by atoms with Crippen LogP contribution in [0.25, 0.3) is 0 Å². The van der Waals surface area contributed by atoms with Crippen LogP contribution in [0, 0.1) is 0 Å². The minimum absolute atomic E-state index is 0.125. The maximum atomic E-state index is 12.6. The Hall–Kier alpha value is -2.84. The molecular weight excluding hydrogens is 360 g/mol. The van der Waals surface area contributed by atoms with Crippen LogP contribution in [-0.4, -0.2) is 50.2 Å². The van der Waals surface area contributed by atoms with Crippen molar-refractivity contribution in [3.8, 4) is 0 Å². The number of hydrogen-bond acceptors (Lipinski definition) is 6. The second kappa shape index (κ2) is 8.90. The molecular formula is C20H26N4O4. The van der Waals surface area contributed by atoms with Crippen LogP contribution in [0.4, 0.5) is 11.4 Å². The average molecular weight is 386 g/mol. The highest BCUT2D eigenvalue weighted by molar-refractivity contribution is 6.05. The number of carbonyl (C=O) groups is 2. The van der Waals surface area contributed by atoms with Crippen molar-refractivity contribution in [1.29, 1.82) is 0 Å². The van der Waals surface area contributed by atoms with Gasteiger partial charge in [-0.3, -0.25) is 9.59 Å². The second-order valence-corrected chi connectivity index (χ2v) is 6.85. The topological polar surface area (TPSA) is 110 Å². The van der Waals surface area contributed by atoms with Crippen molar-refractivity contribution in [3.05, 3.63) is 47.9 Å². The molecule has 2 heterocycles. The fourth-order valence-corrected chi connectivity index (χ4v) is 3.36. The number of hydrogen-bond donors (Lipinski definition) is 3. The number of ether oxygens (including phenoxy) is 1. The lowest BCUT2D eigenvalue weighted by Crippen LogP contribution is -2.50. The number of rotatable bonds is 6. The third-order valence-electron chi connectivity index (χ3n) is 4.63. The summed E-state index contributed by atoms with van der Waals surface area (Å²) < 4.78 is 10.8. The van der Waals surface area contributed by atoms with Gasteiger partial charge >= 0.3 is 0 Å². The molecule has 0 radical (unpaired) electrons. The van der Waals surface area contributed by atoms with Crippen LogP contribution in [-0.2, 0) is 4.74 Å². The zero-order valence-electron chi connectivity index (χ0n) is 16.1. The Balaban J connectivity index is 1.95. The summed E-state index contributed by atoms with van der Waals surface area (Å²) in [5.41, 5.74) is 7.28. The fraction of sp³-hybridized carbons (Fsp3) is 0.400. The van der Waals surface area contributed by atoms with Crippen LogP contribution in [0.3, 0.4) is 0 Å². The summed E-state index contributed by atoms with van der Waals surface area (Å²) in [5, 5.41) is 5.63. The molecule has 0 aliphatic carbocycles. The van der Waals surface area contributed by atoms with Gasteiger partial charge < -0.3 is 30.4 Å². The number of morpholine rings is 1. The number of furan rings is 1. The number of anilines is 2. The van der Waals surface area contributed by atoms with E-state index in [2.05, 4.69) is 29.4 Å². The average Bonchev–Trinajstić information content (AvgIpc) is 3.22. The summed E-state index contributed by atoms with van der Waals surface area (Å²) in [7, 11) is 0. The first-order valence-corrected chi connectivity index (χ1v) is 9.34. The van der Waals surface area contributed by atoms with Crippen molar-refractivity contribution in [1.82, 2.24) is 5.32 Å². The van der Waals surface area contributed by atoms with E-state index in [1.54, 1.807) is 24.3 Å². The van der Waals surface area contributed by atoms with Gasteiger partial charge in [0.2, 0.25) is 0 Å². The van der Waals surface area contributed by atoms with Crippen LogP contribution in [0.5, 0.6) is 0 Å². The fourth-order valence-electron chi connectivity index (χ4n) is 3.36. The maximum absolute atomic E-state index is 12.6. The molecule has 2 aromatic rings. The van der Waals surface area contributed by atoms with E-state index >= 15 is 0 Å². The minimum Gasteiger partial charge on any atom is -0.459 e. The van der Waals surface area contributed by atoms with Crippen LogP contribution < -0.4 is 21.3 Å². The first kappa shape index (κ1) is 19.9. The zero-order chi connectivity index (χ0) is 20.1. The number of benzene rings is 1. The molecule has 1 aromatic carbocycles. The van der Waals surface area contributed by atoms with Gasteiger partial charge in [0.25, 0.3) is 11.8 Å². The van der Waals surface area contributed by atoms with Crippen molar-refractivity contribution in [2.75, 3.05) is 36.5 Å². The third-order valence-corrected chi connectivity index (χ3v) is 4.63. The van der Waals surface area contributed by atoms with Crippen molar-refractivity contribution >= 4 is 23.2 Å². The summed E-state index contributed by atoms with van der Waals surface area (Å²) in [5.74, 6) is -0.417. The molecule has 1 aliphatic rings. The first-order chi connectivity index (χ1) is 13.5. The number of nitrogens with zero attached hydrogens (tertiary/aromatic N) is 1. The predicted octanol–water partition coefficient (Wildman–Crippen LogP) is 1.83. The molecule has 150 valence electrons. The van der Waals surface area contributed by atoms with Gasteiger partial charge in [-0.25, -0.2) is 0 Å². The molecule has 3 rings (SSSR count). The van der Waals surface area contributed by atoms with E-state index in [0.717, 1.165) is 5.69 Å². The van der Waals surface area contributed by atoms with Crippen LogP contribution >= 0.6 is 0 Å². The molecule has 8 heteroatoms. The highest BCUT2D eigenvalue weighted by atomic mass is 16.5. The molecule has 0 bridgehead atoms. The molecule has 2 unspecified atom stereocenters. The lowest BCUT2D eigenvalue weighted by atomic mass is 10.1. The summed E-state index contributed by atoms with van der Waals surface area (Å²) in [4.78, 5) is 27.1. The smallest absolute Gasteiger partial charge is 0.291 e. The molecule has 8 nitrogen and oxygen atoms in total. The normalized spacial score (nSPS) is 19.3. The molecule has 2 atom stereocenters. The highest BCUT2D eigenvalue weighted by Crippen LogP contribution is 2.32. The molecule has 1 aromatic heterocycles. The molecule has 0 spiro atoms. The summed E-state index contributed by atoms with van der Waals surface area (Å²) in [6.45, 7) is 6.05. The summed E-state index contributed by atoms with van der Waals surface area (Å²) in [6.07, 6.45) is 1.44. The lowest BCUT2D eigenvalue weighted by Gasteiger charge is -2.41. The van der Waals surface area contributed by atoms with Crippen molar-refractivity contribution in [3.63, 3.8) is 0 Å². The molecule has 1 fully saturated rings. The van der Waals surface area contributed by atoms with Gasteiger partial charge in [0, 0.05) is 30.7 Å². The molecule has 0 saturated carbocycles. The van der Waals surface area contributed by atoms with E-state index in [1.165, 1.54) is 6.26 Å². The Morgan fingerprint density at radius 2 is 1.93 bits per heavy atom. The second-order valence-electron chi connectivity index (χ2n) is 6.85. The lowest BCUT2D eigenvalue weighted by molar-refractivity contribution is 0.0757. The van der Waals surface area contributed by atoms with Gasteiger partial charge in [0.1, 0.15) is 0 Å². The molecule has 4 N–H and O–H groups in total. The van der Waals surface area contributed by atoms with Crippen molar-refractivity contribution in [2.24, 2.45) is 5.73 Å². The number of carbonyl (C=O) groups excluding carboxylic acids is 2. The number of nitrogens with two attached hydrogens (primary N) is 1. The van der Waals surface area contributed by atoms with E-state index in [4.69, 9.17) is 14.9 Å². The van der Waals surface area contributed by atoms with Crippen LogP contribution in [0.1, 0.15) is 34.8 Å². The van der Waals surface area contributed by atoms with E-state index in [1.807, 2.05) is 6.07 Å². The third kappa shape index (κ3) is 4.35. The zero-order valence-corrected chi connectivity index (χ0v) is 16.1. The monoisotopic (exact) mass is 386 g/mol. The van der Waals surface area contributed by atoms with E-state index in [0.29, 0.717) is 37.6 Å². The van der Waals surface area contributed by atoms with Gasteiger partial charge in [-0.05, 0) is 44.2 Å². The largest absolute Gasteiger partial charge is 0.459 e. The minimum atomic E-state index is -0.376. The number of amides is 2. The Morgan fingerprint density at radius 3 is 2.57 bits per heavy atom. The summed E-state index contributed by atoms with van der Waals surface area (Å²) >= 11 is 0. The Morgan fingerprint density at radius 1 is 1.18 bits per heavy atom. The standard InChI is InChI=1S/C20H26N4O4/c1-13-11-27-12-14(2)24(13)17-6-5-15(19(25)22-8-7-21)10-16(17)23-20(26)18-4-3-9-28-18/h3-6,9-10,13-14H,7-8,11-12,21H2,1-2H3,(H,22,25)(H,23,26). The van der Waals surface area contributed by atoms with Gasteiger partial charge in [-0.1, -0.05) is 0 Å². The van der Waals surface area contributed by atoms with Crippen molar-refractivity contribution in [2.45, 2.75) is 25.9 Å². The van der Waals surface area contributed by atoms with Gasteiger partial charge in [-0.15, -0.1) is 0 Å². The Bertz CT molecular complexity index is 812. The van der Waals surface area contributed by atoms with Crippen molar-refractivity contribution < 1.29 is 18.7 Å².